The molecule has 1 nitrogen and oxygen atoms in total. The summed E-state index contributed by atoms with van der Waals surface area (Å²) in [5.74, 6) is 0.334. The van der Waals surface area contributed by atoms with Gasteiger partial charge in [-0.25, -0.2) is 0 Å². The van der Waals surface area contributed by atoms with E-state index < -0.39 is 0 Å². The molecule has 0 aliphatic heterocycles. The summed E-state index contributed by atoms with van der Waals surface area (Å²) < 4.78 is 0. The molecule has 0 aromatic carbocycles. The zero-order valence-electron chi connectivity index (χ0n) is 7.10. The van der Waals surface area contributed by atoms with E-state index in [4.69, 9.17) is 0 Å². The maximum atomic E-state index is 11.1. The lowest BCUT2D eigenvalue weighted by Crippen LogP contribution is -1.90. The molecule has 1 aliphatic rings. The van der Waals surface area contributed by atoms with Gasteiger partial charge in [0.2, 0.25) is 0 Å². The van der Waals surface area contributed by atoms with Gasteiger partial charge in [0, 0.05) is 6.42 Å². The molecule has 0 aromatic rings. The SMILES string of the molecule is CCCC/C=C1\[CH]CCC1=O. The van der Waals surface area contributed by atoms with Crippen LogP contribution in [0.25, 0.3) is 0 Å². The highest BCUT2D eigenvalue weighted by Crippen LogP contribution is 2.19. The summed E-state index contributed by atoms with van der Waals surface area (Å²) in [5.41, 5.74) is 0.971. The van der Waals surface area contributed by atoms with Gasteiger partial charge in [0.15, 0.2) is 5.78 Å². The summed E-state index contributed by atoms with van der Waals surface area (Å²) in [6, 6.07) is 0. The zero-order chi connectivity index (χ0) is 8.10. The van der Waals surface area contributed by atoms with Crippen molar-refractivity contribution < 1.29 is 4.79 Å². The van der Waals surface area contributed by atoms with Gasteiger partial charge in [-0.15, -0.1) is 0 Å². The van der Waals surface area contributed by atoms with E-state index in [1.807, 2.05) is 0 Å². The molecular formula is C10H15O. The first-order chi connectivity index (χ1) is 5.34. The number of Topliss-reactive ketones (excluding diaryl/α,β-unsaturated/α-hetero) is 1. The average Bonchev–Trinajstić information content (AvgIpc) is 2.37. The second kappa shape index (κ2) is 4.32. The van der Waals surface area contributed by atoms with Crippen molar-refractivity contribution in [1.82, 2.24) is 0 Å². The van der Waals surface area contributed by atoms with Gasteiger partial charge in [-0.05, 0) is 24.8 Å². The number of unbranched alkanes of at least 4 members (excludes halogenated alkanes) is 2. The summed E-state index contributed by atoms with van der Waals surface area (Å²) in [4.78, 5) is 11.1. The molecule has 1 aliphatic carbocycles. The van der Waals surface area contributed by atoms with Crippen molar-refractivity contribution >= 4 is 5.78 Å². The van der Waals surface area contributed by atoms with Gasteiger partial charge in [-0.2, -0.15) is 0 Å². The monoisotopic (exact) mass is 151 g/mol. The van der Waals surface area contributed by atoms with E-state index >= 15 is 0 Å². The van der Waals surface area contributed by atoms with Crippen molar-refractivity contribution in [2.24, 2.45) is 0 Å². The van der Waals surface area contributed by atoms with Crippen LogP contribution >= 0.6 is 0 Å². The van der Waals surface area contributed by atoms with Crippen LogP contribution in [0.2, 0.25) is 0 Å². The fourth-order valence-electron chi connectivity index (χ4n) is 1.28. The van der Waals surface area contributed by atoms with E-state index in [0.717, 1.165) is 24.8 Å². The van der Waals surface area contributed by atoms with E-state index in [-0.39, 0.29) is 0 Å². The molecule has 0 bridgehead atoms. The fraction of sp³-hybridized carbons (Fsp3) is 0.600. The molecule has 1 fully saturated rings. The predicted octanol–water partition coefficient (Wildman–Crippen LogP) is 2.67. The molecular weight excluding hydrogens is 136 g/mol. The molecule has 61 valence electrons. The summed E-state index contributed by atoms with van der Waals surface area (Å²) in [5, 5.41) is 0. The van der Waals surface area contributed by atoms with Gasteiger partial charge < -0.3 is 0 Å². The average molecular weight is 151 g/mol. The van der Waals surface area contributed by atoms with Crippen molar-refractivity contribution in [3.05, 3.63) is 18.1 Å². The third kappa shape index (κ3) is 2.49. The van der Waals surface area contributed by atoms with E-state index in [1.165, 1.54) is 12.8 Å². The lowest BCUT2D eigenvalue weighted by Gasteiger charge is -1.92. The highest BCUT2D eigenvalue weighted by atomic mass is 16.1. The van der Waals surface area contributed by atoms with Crippen molar-refractivity contribution in [2.45, 2.75) is 39.0 Å². The van der Waals surface area contributed by atoms with Crippen molar-refractivity contribution in [3.8, 4) is 0 Å². The fourth-order valence-corrected chi connectivity index (χ4v) is 1.28. The lowest BCUT2D eigenvalue weighted by atomic mass is 10.1. The Labute approximate surface area is 68.5 Å². The molecule has 0 aromatic heterocycles. The Morgan fingerprint density at radius 2 is 2.45 bits per heavy atom. The molecule has 0 heterocycles. The van der Waals surface area contributed by atoms with Crippen LogP contribution in [0.4, 0.5) is 0 Å². The second-order valence-electron chi connectivity index (χ2n) is 2.97. The maximum absolute atomic E-state index is 11.1. The number of ketones is 1. The largest absolute Gasteiger partial charge is 0.295 e. The molecule has 0 spiro atoms. The quantitative estimate of drug-likeness (QED) is 0.447. The Kier molecular flexibility index (Phi) is 3.34. The molecule has 0 unspecified atom stereocenters. The standard InChI is InChI=1S/C10H15O/c1-2-3-4-6-9-7-5-8-10(9)11/h6-7H,2-5,8H2,1H3/b9-6+. The molecule has 0 atom stereocenters. The molecule has 0 amide bonds. The molecule has 1 saturated carbocycles. The Hall–Kier alpha value is -0.590. The smallest absolute Gasteiger partial charge is 0.158 e. The van der Waals surface area contributed by atoms with Crippen LogP contribution in [0.3, 0.4) is 0 Å². The van der Waals surface area contributed by atoms with Crippen LogP contribution in [0.5, 0.6) is 0 Å². The van der Waals surface area contributed by atoms with E-state index in [1.54, 1.807) is 0 Å². The molecule has 11 heavy (non-hydrogen) atoms. The number of carbonyl (C=O) groups is 1. The Morgan fingerprint density at radius 1 is 1.64 bits per heavy atom. The highest BCUT2D eigenvalue weighted by molar-refractivity contribution is 5.99. The molecule has 1 radical (unpaired) electrons. The highest BCUT2D eigenvalue weighted by Gasteiger charge is 2.15. The van der Waals surface area contributed by atoms with Crippen molar-refractivity contribution in [1.29, 1.82) is 0 Å². The minimum atomic E-state index is 0.334. The normalized spacial score (nSPS) is 21.5. The number of hydrogen-bond acceptors (Lipinski definition) is 1. The first-order valence-electron chi connectivity index (χ1n) is 4.41. The number of carbonyl (C=O) groups excluding carboxylic acids is 1. The third-order valence-corrected chi connectivity index (χ3v) is 1.98. The van der Waals surface area contributed by atoms with Gasteiger partial charge in [-0.1, -0.05) is 25.8 Å². The van der Waals surface area contributed by atoms with Crippen LogP contribution in [-0.4, -0.2) is 5.78 Å². The summed E-state index contributed by atoms with van der Waals surface area (Å²) in [6.07, 6.45) is 9.29. The zero-order valence-corrected chi connectivity index (χ0v) is 7.10. The topological polar surface area (TPSA) is 17.1 Å². The maximum Gasteiger partial charge on any atom is 0.158 e. The lowest BCUT2D eigenvalue weighted by molar-refractivity contribution is -0.114. The number of hydrogen-bond donors (Lipinski definition) is 0. The molecule has 1 heteroatoms. The first-order valence-corrected chi connectivity index (χ1v) is 4.41. The second-order valence-corrected chi connectivity index (χ2v) is 2.97. The Morgan fingerprint density at radius 3 is 3.00 bits per heavy atom. The summed E-state index contributed by atoms with van der Waals surface area (Å²) in [7, 11) is 0. The van der Waals surface area contributed by atoms with Gasteiger partial charge in [-0.3, -0.25) is 4.79 Å². The van der Waals surface area contributed by atoms with Gasteiger partial charge in [0.1, 0.15) is 0 Å². The van der Waals surface area contributed by atoms with E-state index in [0.29, 0.717) is 5.78 Å². The number of allylic oxidation sites excluding steroid dienone is 2. The first kappa shape index (κ1) is 8.51. The molecule has 0 N–H and O–H groups in total. The molecule has 1 rings (SSSR count). The van der Waals surface area contributed by atoms with Crippen molar-refractivity contribution in [2.75, 3.05) is 0 Å². The number of rotatable bonds is 3. The third-order valence-electron chi connectivity index (χ3n) is 1.98. The predicted molar refractivity (Wildman–Crippen MR) is 46.1 cm³/mol. The van der Waals surface area contributed by atoms with Crippen LogP contribution in [0.1, 0.15) is 39.0 Å². The van der Waals surface area contributed by atoms with Crippen LogP contribution in [0, 0.1) is 6.42 Å². The molecule has 0 saturated heterocycles. The van der Waals surface area contributed by atoms with Gasteiger partial charge >= 0.3 is 0 Å². The van der Waals surface area contributed by atoms with E-state index in [9.17, 15) is 4.79 Å². The summed E-state index contributed by atoms with van der Waals surface area (Å²) >= 11 is 0. The minimum absolute atomic E-state index is 0.334. The Bertz CT molecular complexity index is 168. The van der Waals surface area contributed by atoms with Gasteiger partial charge in [0.25, 0.3) is 0 Å². The van der Waals surface area contributed by atoms with Gasteiger partial charge in [0.05, 0.1) is 0 Å². The van der Waals surface area contributed by atoms with Crippen LogP contribution < -0.4 is 0 Å². The summed E-state index contributed by atoms with van der Waals surface area (Å²) in [6.45, 7) is 2.17. The van der Waals surface area contributed by atoms with Crippen LogP contribution in [-0.2, 0) is 4.79 Å². The minimum Gasteiger partial charge on any atom is -0.295 e. The van der Waals surface area contributed by atoms with Crippen molar-refractivity contribution in [3.63, 3.8) is 0 Å². The Balaban J connectivity index is 2.33. The van der Waals surface area contributed by atoms with Crippen LogP contribution in [0.15, 0.2) is 11.6 Å². The van der Waals surface area contributed by atoms with E-state index in [2.05, 4.69) is 19.4 Å².